The second-order valence-corrected chi connectivity index (χ2v) is 4.77. The predicted octanol–water partition coefficient (Wildman–Crippen LogP) is 3.97. The van der Waals surface area contributed by atoms with Gasteiger partial charge in [0, 0.05) is 6.07 Å². The van der Waals surface area contributed by atoms with Crippen molar-refractivity contribution in [1.29, 1.82) is 0 Å². The fourth-order valence-corrected chi connectivity index (χ4v) is 2.39. The van der Waals surface area contributed by atoms with Gasteiger partial charge in [0.2, 0.25) is 5.88 Å². The first-order chi connectivity index (χ1) is 10.4. The molecule has 0 aliphatic carbocycles. The van der Waals surface area contributed by atoms with Crippen molar-refractivity contribution >= 4 is 21.5 Å². The zero-order valence-electron chi connectivity index (χ0n) is 11.1. The standard InChI is InChI=1S/C17H11N3O/c1-2-4-13-10-15-11-16(21-17-7-8-18-20-19-17)6-5-14(15)9-12(13)3-1/h1-11H. The van der Waals surface area contributed by atoms with Crippen LogP contribution < -0.4 is 4.74 Å². The highest BCUT2D eigenvalue weighted by Crippen LogP contribution is 2.27. The summed E-state index contributed by atoms with van der Waals surface area (Å²) in [6.07, 6.45) is 1.55. The maximum Gasteiger partial charge on any atom is 0.242 e. The molecule has 0 N–H and O–H groups in total. The van der Waals surface area contributed by atoms with Gasteiger partial charge < -0.3 is 4.74 Å². The Bertz CT molecular complexity index is 923. The SMILES string of the molecule is c1ccc2cc3cc(Oc4ccnnn4)ccc3cc2c1. The molecule has 1 heterocycles. The molecule has 0 saturated heterocycles. The molecule has 4 heteroatoms. The molecule has 0 amide bonds. The molecule has 4 nitrogen and oxygen atoms in total. The third kappa shape index (κ3) is 2.27. The van der Waals surface area contributed by atoms with E-state index in [-0.39, 0.29) is 0 Å². The molecule has 100 valence electrons. The average Bonchev–Trinajstić information content (AvgIpc) is 2.54. The van der Waals surface area contributed by atoms with E-state index in [0.717, 1.165) is 11.1 Å². The minimum absolute atomic E-state index is 0.435. The van der Waals surface area contributed by atoms with Gasteiger partial charge in [0.25, 0.3) is 0 Å². The van der Waals surface area contributed by atoms with Crippen LogP contribution in [0.25, 0.3) is 21.5 Å². The molecule has 0 fully saturated rings. The zero-order valence-corrected chi connectivity index (χ0v) is 11.1. The van der Waals surface area contributed by atoms with E-state index in [1.807, 2.05) is 30.3 Å². The number of ether oxygens (including phenoxy) is 1. The Morgan fingerprint density at radius 3 is 2.24 bits per heavy atom. The maximum absolute atomic E-state index is 5.68. The molecule has 3 aromatic carbocycles. The fourth-order valence-electron chi connectivity index (χ4n) is 2.39. The second kappa shape index (κ2) is 4.83. The van der Waals surface area contributed by atoms with Gasteiger partial charge in [-0.3, -0.25) is 0 Å². The van der Waals surface area contributed by atoms with Crippen LogP contribution in [0.4, 0.5) is 0 Å². The molecule has 0 aliphatic rings. The Morgan fingerprint density at radius 1 is 0.714 bits per heavy atom. The lowest BCUT2D eigenvalue weighted by Gasteiger charge is -2.06. The minimum atomic E-state index is 0.435. The molecule has 0 aliphatic heterocycles. The Labute approximate surface area is 121 Å². The van der Waals surface area contributed by atoms with Crippen LogP contribution in [0.2, 0.25) is 0 Å². The van der Waals surface area contributed by atoms with Gasteiger partial charge in [-0.1, -0.05) is 35.4 Å². The summed E-state index contributed by atoms with van der Waals surface area (Å²) >= 11 is 0. The van der Waals surface area contributed by atoms with Crippen molar-refractivity contribution in [3.05, 3.63) is 66.9 Å². The highest BCUT2D eigenvalue weighted by molar-refractivity contribution is 5.98. The summed E-state index contributed by atoms with van der Waals surface area (Å²) in [6, 6.07) is 20.3. The summed E-state index contributed by atoms with van der Waals surface area (Å²) in [7, 11) is 0. The van der Waals surface area contributed by atoms with Crippen molar-refractivity contribution in [2.75, 3.05) is 0 Å². The van der Waals surface area contributed by atoms with E-state index in [9.17, 15) is 0 Å². The lowest BCUT2D eigenvalue weighted by atomic mass is 10.0. The Hall–Kier alpha value is -3.01. The molecular formula is C17H11N3O. The number of hydrogen-bond acceptors (Lipinski definition) is 4. The van der Waals surface area contributed by atoms with Gasteiger partial charge in [0.15, 0.2) is 0 Å². The smallest absolute Gasteiger partial charge is 0.242 e. The van der Waals surface area contributed by atoms with Crippen LogP contribution in [0.1, 0.15) is 0 Å². The molecule has 0 spiro atoms. The largest absolute Gasteiger partial charge is 0.437 e. The number of aromatic nitrogens is 3. The quantitative estimate of drug-likeness (QED) is 0.518. The Morgan fingerprint density at radius 2 is 1.48 bits per heavy atom. The molecular weight excluding hydrogens is 262 g/mol. The minimum Gasteiger partial charge on any atom is -0.437 e. The van der Waals surface area contributed by atoms with Crippen molar-refractivity contribution in [2.24, 2.45) is 0 Å². The van der Waals surface area contributed by atoms with Gasteiger partial charge in [0.05, 0.1) is 6.20 Å². The van der Waals surface area contributed by atoms with Crippen LogP contribution in [0, 0.1) is 0 Å². The number of benzene rings is 3. The van der Waals surface area contributed by atoms with Crippen LogP contribution in [0.3, 0.4) is 0 Å². The van der Waals surface area contributed by atoms with Gasteiger partial charge in [0.1, 0.15) is 5.75 Å². The van der Waals surface area contributed by atoms with E-state index in [0.29, 0.717) is 5.88 Å². The van der Waals surface area contributed by atoms with Crippen LogP contribution >= 0.6 is 0 Å². The van der Waals surface area contributed by atoms with Crippen LogP contribution in [-0.2, 0) is 0 Å². The van der Waals surface area contributed by atoms with Gasteiger partial charge >= 0.3 is 0 Å². The third-order valence-electron chi connectivity index (χ3n) is 3.38. The highest BCUT2D eigenvalue weighted by Gasteiger charge is 2.02. The molecule has 0 unspecified atom stereocenters. The molecule has 0 saturated carbocycles. The predicted molar refractivity (Wildman–Crippen MR) is 81.4 cm³/mol. The van der Waals surface area contributed by atoms with Crippen molar-refractivity contribution in [2.45, 2.75) is 0 Å². The molecule has 0 radical (unpaired) electrons. The van der Waals surface area contributed by atoms with Crippen molar-refractivity contribution in [3.8, 4) is 11.6 Å². The summed E-state index contributed by atoms with van der Waals surface area (Å²) in [5.41, 5.74) is 0. The van der Waals surface area contributed by atoms with Gasteiger partial charge in [-0.05, 0) is 51.0 Å². The van der Waals surface area contributed by atoms with Crippen LogP contribution in [0.15, 0.2) is 66.9 Å². The first kappa shape index (κ1) is 11.8. The van der Waals surface area contributed by atoms with Gasteiger partial charge in [-0.15, -0.1) is 5.10 Å². The molecule has 1 aromatic heterocycles. The van der Waals surface area contributed by atoms with Crippen molar-refractivity contribution < 1.29 is 4.74 Å². The lowest BCUT2D eigenvalue weighted by Crippen LogP contribution is -1.91. The third-order valence-corrected chi connectivity index (χ3v) is 3.38. The van der Waals surface area contributed by atoms with E-state index >= 15 is 0 Å². The number of nitrogens with zero attached hydrogens (tertiary/aromatic N) is 3. The van der Waals surface area contributed by atoms with Crippen molar-refractivity contribution in [3.63, 3.8) is 0 Å². The normalized spacial score (nSPS) is 10.9. The molecule has 4 aromatic rings. The first-order valence-corrected chi connectivity index (χ1v) is 6.63. The maximum atomic E-state index is 5.68. The van der Waals surface area contributed by atoms with E-state index < -0.39 is 0 Å². The second-order valence-electron chi connectivity index (χ2n) is 4.77. The average molecular weight is 273 g/mol. The van der Waals surface area contributed by atoms with E-state index in [1.54, 1.807) is 12.3 Å². The fraction of sp³-hybridized carbons (Fsp3) is 0. The van der Waals surface area contributed by atoms with Crippen LogP contribution in [-0.4, -0.2) is 15.4 Å². The lowest BCUT2D eigenvalue weighted by molar-refractivity contribution is 0.451. The Kier molecular flexibility index (Phi) is 2.71. The first-order valence-electron chi connectivity index (χ1n) is 6.63. The summed E-state index contributed by atoms with van der Waals surface area (Å²) in [5.74, 6) is 1.17. The molecule has 21 heavy (non-hydrogen) atoms. The number of hydrogen-bond donors (Lipinski definition) is 0. The Balaban J connectivity index is 1.80. The summed E-state index contributed by atoms with van der Waals surface area (Å²) in [6.45, 7) is 0. The summed E-state index contributed by atoms with van der Waals surface area (Å²) in [4.78, 5) is 0. The van der Waals surface area contributed by atoms with Gasteiger partial charge in [-0.25, -0.2) is 0 Å². The van der Waals surface area contributed by atoms with E-state index in [1.165, 1.54) is 16.2 Å². The van der Waals surface area contributed by atoms with E-state index in [4.69, 9.17) is 4.74 Å². The van der Waals surface area contributed by atoms with E-state index in [2.05, 4.69) is 39.7 Å². The monoisotopic (exact) mass is 273 g/mol. The molecule has 4 rings (SSSR count). The summed E-state index contributed by atoms with van der Waals surface area (Å²) < 4.78 is 5.68. The van der Waals surface area contributed by atoms with Crippen molar-refractivity contribution in [1.82, 2.24) is 15.4 Å². The zero-order chi connectivity index (χ0) is 14.1. The molecule has 0 bridgehead atoms. The molecule has 0 atom stereocenters. The topological polar surface area (TPSA) is 47.9 Å². The van der Waals surface area contributed by atoms with Crippen LogP contribution in [0.5, 0.6) is 11.6 Å². The van der Waals surface area contributed by atoms with Gasteiger partial charge in [-0.2, -0.15) is 0 Å². The number of fused-ring (bicyclic) bond motifs is 2. The summed E-state index contributed by atoms with van der Waals surface area (Å²) in [5, 5.41) is 15.8. The highest BCUT2D eigenvalue weighted by atomic mass is 16.5. The number of rotatable bonds is 2.